The second-order valence-corrected chi connectivity index (χ2v) is 8.04. The molecule has 0 atom stereocenters. The first-order valence-electron chi connectivity index (χ1n) is 10.3. The van der Waals surface area contributed by atoms with Crippen molar-refractivity contribution in [1.29, 1.82) is 5.26 Å². The van der Waals surface area contributed by atoms with Crippen LogP contribution in [0.3, 0.4) is 0 Å². The average molecular weight is 490 g/mol. The number of aromatic nitrogens is 1. The van der Waals surface area contributed by atoms with E-state index in [1.807, 2.05) is 6.07 Å². The van der Waals surface area contributed by atoms with Crippen LogP contribution in [-0.2, 0) is 14.3 Å². The topological polar surface area (TPSA) is 140 Å². The first-order chi connectivity index (χ1) is 17.0. The molecule has 11 heteroatoms. The molecule has 0 radical (unpaired) electrons. The van der Waals surface area contributed by atoms with Gasteiger partial charge in [-0.15, -0.1) is 0 Å². The van der Waals surface area contributed by atoms with E-state index in [1.165, 1.54) is 12.3 Å². The molecular weight excluding hydrogens is 472 g/mol. The molecule has 0 bridgehead atoms. The monoisotopic (exact) mass is 490 g/mol. The number of benzene rings is 2. The third-order valence-electron chi connectivity index (χ3n) is 4.62. The maximum Gasteiger partial charge on any atom is 0.341 e. The number of rotatable bonds is 8. The van der Waals surface area contributed by atoms with Crippen LogP contribution in [0.1, 0.15) is 15.9 Å². The highest BCUT2D eigenvalue weighted by Crippen LogP contribution is 2.34. The minimum Gasteiger partial charge on any atom is -0.454 e. The van der Waals surface area contributed by atoms with Crippen molar-refractivity contribution >= 4 is 40.9 Å². The van der Waals surface area contributed by atoms with E-state index in [0.717, 1.165) is 11.8 Å². The molecule has 176 valence electrons. The summed E-state index contributed by atoms with van der Waals surface area (Å²) < 4.78 is 15.6. The van der Waals surface area contributed by atoms with Crippen molar-refractivity contribution in [3.05, 3.63) is 71.9 Å². The fourth-order valence-corrected chi connectivity index (χ4v) is 3.78. The number of esters is 1. The fourth-order valence-electron chi connectivity index (χ4n) is 3.00. The molecule has 0 saturated heterocycles. The largest absolute Gasteiger partial charge is 0.454 e. The van der Waals surface area contributed by atoms with Crippen LogP contribution in [0.2, 0.25) is 0 Å². The predicted molar refractivity (Wildman–Crippen MR) is 126 cm³/mol. The quantitative estimate of drug-likeness (QED) is 0.360. The van der Waals surface area contributed by atoms with Crippen molar-refractivity contribution in [2.24, 2.45) is 0 Å². The van der Waals surface area contributed by atoms with Crippen molar-refractivity contribution in [2.45, 2.75) is 5.03 Å². The molecule has 1 aliphatic heterocycles. The number of nitriles is 1. The van der Waals surface area contributed by atoms with Crippen LogP contribution < -0.4 is 20.1 Å². The molecule has 0 unspecified atom stereocenters. The average Bonchev–Trinajstić information content (AvgIpc) is 3.35. The molecule has 2 N–H and O–H groups in total. The summed E-state index contributed by atoms with van der Waals surface area (Å²) in [6, 6.07) is 16.4. The minimum atomic E-state index is -0.744. The number of amides is 2. The van der Waals surface area contributed by atoms with Crippen molar-refractivity contribution in [3.8, 4) is 17.6 Å². The van der Waals surface area contributed by atoms with Crippen molar-refractivity contribution in [2.75, 3.05) is 29.8 Å². The Morgan fingerprint density at radius 3 is 2.54 bits per heavy atom. The number of fused-ring (bicyclic) bond motifs is 1. The first kappa shape index (κ1) is 23.6. The zero-order valence-corrected chi connectivity index (χ0v) is 19.0. The number of pyridine rings is 1. The minimum absolute atomic E-state index is 0.00901. The Morgan fingerprint density at radius 2 is 1.74 bits per heavy atom. The third-order valence-corrected chi connectivity index (χ3v) is 5.62. The molecule has 2 aromatic carbocycles. The fraction of sp³-hybridized carbons (Fsp3) is 0.125. The zero-order chi connectivity index (χ0) is 24.6. The van der Waals surface area contributed by atoms with E-state index >= 15 is 0 Å². The van der Waals surface area contributed by atoms with Crippen LogP contribution in [0.4, 0.5) is 11.4 Å². The summed E-state index contributed by atoms with van der Waals surface area (Å²) in [7, 11) is 0. The number of ether oxygens (including phenoxy) is 3. The number of nitrogens with zero attached hydrogens (tertiary/aromatic N) is 2. The molecule has 10 nitrogen and oxygen atoms in total. The van der Waals surface area contributed by atoms with Gasteiger partial charge in [0.25, 0.3) is 5.91 Å². The second kappa shape index (κ2) is 11.0. The summed E-state index contributed by atoms with van der Waals surface area (Å²) in [5, 5.41) is 14.4. The van der Waals surface area contributed by atoms with Gasteiger partial charge in [-0.3, -0.25) is 9.59 Å². The van der Waals surface area contributed by atoms with Crippen LogP contribution in [0, 0.1) is 11.3 Å². The molecule has 0 spiro atoms. The number of carbonyl (C=O) groups excluding carboxylic acids is 3. The molecule has 0 saturated carbocycles. The number of nitrogens with one attached hydrogen (secondary N) is 2. The number of thioether (sulfide) groups is 1. The van der Waals surface area contributed by atoms with E-state index in [2.05, 4.69) is 15.6 Å². The maximum atomic E-state index is 12.5. The van der Waals surface area contributed by atoms with Gasteiger partial charge in [0.1, 0.15) is 5.03 Å². The molecule has 2 amide bonds. The van der Waals surface area contributed by atoms with Crippen LogP contribution in [-0.4, -0.2) is 41.9 Å². The zero-order valence-electron chi connectivity index (χ0n) is 18.1. The summed E-state index contributed by atoms with van der Waals surface area (Å²) in [5.41, 5.74) is 1.62. The Labute approximate surface area is 204 Å². The Hall–Kier alpha value is -4.56. The lowest BCUT2D eigenvalue weighted by Crippen LogP contribution is -2.21. The first-order valence-corrected chi connectivity index (χ1v) is 11.2. The summed E-state index contributed by atoms with van der Waals surface area (Å²) in [5.74, 6) is -0.435. The van der Waals surface area contributed by atoms with Crippen molar-refractivity contribution in [3.63, 3.8) is 0 Å². The molecule has 35 heavy (non-hydrogen) atoms. The van der Waals surface area contributed by atoms with Gasteiger partial charge < -0.3 is 24.8 Å². The summed E-state index contributed by atoms with van der Waals surface area (Å²) in [6.45, 7) is -0.374. The van der Waals surface area contributed by atoms with Gasteiger partial charge in [-0.25, -0.2) is 9.78 Å². The lowest BCUT2D eigenvalue weighted by Gasteiger charge is -2.10. The normalized spacial score (nSPS) is 11.3. The van der Waals surface area contributed by atoms with Gasteiger partial charge in [-0.2, -0.15) is 5.26 Å². The number of hydrogen-bond acceptors (Lipinski definition) is 9. The smallest absolute Gasteiger partial charge is 0.341 e. The standard InChI is InChI=1S/C24H18N4O6S/c25-11-15-3-5-16(6-4-15)27-21(29)12-32-24(31)18-2-1-9-26-23(18)35-13-22(30)28-17-7-8-19-20(10-17)34-14-33-19/h1-10H,12-14H2,(H,27,29)(H,28,30). The van der Waals surface area contributed by atoms with E-state index in [4.69, 9.17) is 19.5 Å². The van der Waals surface area contributed by atoms with Gasteiger partial charge in [-0.05, 0) is 48.5 Å². The molecule has 1 aromatic heterocycles. The van der Waals surface area contributed by atoms with Crippen molar-refractivity contribution < 1.29 is 28.6 Å². The Balaban J connectivity index is 1.29. The van der Waals surface area contributed by atoms with E-state index in [0.29, 0.717) is 33.5 Å². The van der Waals surface area contributed by atoms with Crippen LogP contribution >= 0.6 is 11.8 Å². The van der Waals surface area contributed by atoms with Gasteiger partial charge in [0.05, 0.1) is 22.9 Å². The van der Waals surface area contributed by atoms with Gasteiger partial charge in [0, 0.05) is 23.6 Å². The van der Waals surface area contributed by atoms with Crippen molar-refractivity contribution in [1.82, 2.24) is 4.98 Å². The van der Waals surface area contributed by atoms with E-state index in [-0.39, 0.29) is 24.0 Å². The van der Waals surface area contributed by atoms with Crippen LogP contribution in [0.5, 0.6) is 11.5 Å². The van der Waals surface area contributed by atoms with Gasteiger partial charge in [0.2, 0.25) is 12.7 Å². The number of hydrogen-bond donors (Lipinski definition) is 2. The Morgan fingerprint density at radius 1 is 1.00 bits per heavy atom. The van der Waals surface area contributed by atoms with Gasteiger partial charge in [0.15, 0.2) is 18.1 Å². The van der Waals surface area contributed by atoms with E-state index in [9.17, 15) is 14.4 Å². The molecule has 3 aromatic rings. The molecule has 4 rings (SSSR count). The highest BCUT2D eigenvalue weighted by atomic mass is 32.2. The SMILES string of the molecule is N#Cc1ccc(NC(=O)COC(=O)c2cccnc2SCC(=O)Nc2ccc3c(c2)OCO3)cc1. The summed E-state index contributed by atoms with van der Waals surface area (Å²) >= 11 is 1.06. The lowest BCUT2D eigenvalue weighted by molar-refractivity contribution is -0.119. The summed E-state index contributed by atoms with van der Waals surface area (Å²) in [4.78, 5) is 41.2. The second-order valence-electron chi connectivity index (χ2n) is 7.07. The highest BCUT2D eigenvalue weighted by Gasteiger charge is 2.18. The molecule has 1 aliphatic rings. The molecule has 0 aliphatic carbocycles. The Kier molecular flexibility index (Phi) is 7.44. The van der Waals surface area contributed by atoms with E-state index in [1.54, 1.807) is 48.5 Å². The predicted octanol–water partition coefficient (Wildman–Crippen LogP) is 3.21. The van der Waals surface area contributed by atoms with Crippen LogP contribution in [0.25, 0.3) is 0 Å². The lowest BCUT2D eigenvalue weighted by atomic mass is 10.2. The Bertz CT molecular complexity index is 1310. The van der Waals surface area contributed by atoms with Gasteiger partial charge in [-0.1, -0.05) is 11.8 Å². The highest BCUT2D eigenvalue weighted by molar-refractivity contribution is 8.00. The molecule has 2 heterocycles. The van der Waals surface area contributed by atoms with Crippen LogP contribution in [0.15, 0.2) is 65.8 Å². The third kappa shape index (κ3) is 6.27. The molecule has 0 fully saturated rings. The summed E-state index contributed by atoms with van der Waals surface area (Å²) in [6.07, 6.45) is 1.49. The molecular formula is C24H18N4O6S. The number of anilines is 2. The number of carbonyl (C=O) groups is 3. The van der Waals surface area contributed by atoms with Gasteiger partial charge >= 0.3 is 5.97 Å². The van der Waals surface area contributed by atoms with E-state index < -0.39 is 18.5 Å². The maximum absolute atomic E-state index is 12.5.